The third kappa shape index (κ3) is 3.04. The molecule has 3 aromatic rings. The molecular formula is C18H14F2N4O2. The summed E-state index contributed by atoms with van der Waals surface area (Å²) < 4.78 is 33.7. The second-order valence-corrected chi connectivity index (χ2v) is 5.37. The summed E-state index contributed by atoms with van der Waals surface area (Å²) in [6.45, 7) is 0. The van der Waals surface area contributed by atoms with E-state index >= 15 is 0 Å². The Balaban J connectivity index is 2.33. The average molecular weight is 356 g/mol. The normalized spacial score (nSPS) is 10.6. The summed E-state index contributed by atoms with van der Waals surface area (Å²) in [5, 5.41) is 0.853. The molecule has 0 unspecified atom stereocenters. The lowest BCUT2D eigenvalue weighted by molar-refractivity contribution is 0.100. The number of nitrogens with two attached hydrogens (primary N) is 2. The minimum absolute atomic E-state index is 0.0377. The molecule has 0 bridgehead atoms. The second kappa shape index (κ2) is 6.75. The first-order valence-corrected chi connectivity index (χ1v) is 7.47. The molecule has 2 aromatic carbocycles. The van der Waals surface area contributed by atoms with Gasteiger partial charge in [-0.3, -0.25) is 9.78 Å². The number of carbonyl (C=O) groups is 1. The van der Waals surface area contributed by atoms with Gasteiger partial charge in [0.25, 0.3) is 5.91 Å². The van der Waals surface area contributed by atoms with Crippen LogP contribution in [0, 0.1) is 11.6 Å². The number of halogens is 2. The van der Waals surface area contributed by atoms with Gasteiger partial charge in [-0.05, 0) is 30.3 Å². The number of nitrogens with zero attached hydrogens (tertiary/aromatic N) is 2. The van der Waals surface area contributed by atoms with E-state index in [1.165, 1.54) is 31.5 Å². The van der Waals surface area contributed by atoms with Crippen LogP contribution in [-0.2, 0) is 0 Å². The van der Waals surface area contributed by atoms with Gasteiger partial charge in [0.1, 0.15) is 17.4 Å². The van der Waals surface area contributed by atoms with Crippen molar-refractivity contribution < 1.29 is 18.3 Å². The molecule has 132 valence electrons. The highest BCUT2D eigenvalue weighted by molar-refractivity contribution is 6.07. The number of fused-ring (bicyclic) bond motifs is 1. The molecule has 0 aliphatic carbocycles. The van der Waals surface area contributed by atoms with Crippen molar-refractivity contribution in [3.63, 3.8) is 0 Å². The minimum Gasteiger partial charge on any atom is -0.494 e. The van der Waals surface area contributed by atoms with Crippen LogP contribution in [0.2, 0.25) is 0 Å². The number of hydrogen-bond donors (Lipinski definition) is 2. The maximum atomic E-state index is 14.2. The predicted molar refractivity (Wildman–Crippen MR) is 93.8 cm³/mol. The van der Waals surface area contributed by atoms with E-state index in [0.717, 1.165) is 12.1 Å². The van der Waals surface area contributed by atoms with E-state index in [4.69, 9.17) is 16.2 Å². The number of ether oxygens (including phenoxy) is 1. The number of carbonyl (C=O) groups excluding carboxylic acids is 1. The molecule has 0 saturated carbocycles. The predicted octanol–water partition coefficient (Wildman–Crippen LogP) is 2.60. The molecule has 0 aliphatic heterocycles. The summed E-state index contributed by atoms with van der Waals surface area (Å²) in [6, 6.07) is 8.00. The number of pyridine rings is 1. The van der Waals surface area contributed by atoms with E-state index < -0.39 is 17.5 Å². The number of benzene rings is 2. The lowest BCUT2D eigenvalue weighted by atomic mass is 10.00. The summed E-state index contributed by atoms with van der Waals surface area (Å²) in [5.74, 6) is -2.23. The van der Waals surface area contributed by atoms with E-state index in [0.29, 0.717) is 16.5 Å². The van der Waals surface area contributed by atoms with Crippen LogP contribution in [0.5, 0.6) is 5.75 Å². The molecule has 0 atom stereocenters. The highest BCUT2D eigenvalue weighted by Crippen LogP contribution is 2.35. The molecule has 0 radical (unpaired) electrons. The van der Waals surface area contributed by atoms with Gasteiger partial charge in [-0.25, -0.2) is 8.78 Å². The van der Waals surface area contributed by atoms with Crippen LogP contribution in [0.1, 0.15) is 10.4 Å². The molecule has 0 spiro atoms. The topological polar surface area (TPSA) is 104 Å². The van der Waals surface area contributed by atoms with Crippen molar-refractivity contribution in [3.8, 4) is 17.0 Å². The zero-order chi connectivity index (χ0) is 18.8. The molecule has 6 nitrogen and oxygen atoms in total. The van der Waals surface area contributed by atoms with Gasteiger partial charge in [0.15, 0.2) is 5.96 Å². The number of aromatic nitrogens is 1. The molecule has 1 aromatic heterocycles. The van der Waals surface area contributed by atoms with Gasteiger partial charge >= 0.3 is 0 Å². The van der Waals surface area contributed by atoms with Crippen molar-refractivity contribution in [2.45, 2.75) is 0 Å². The van der Waals surface area contributed by atoms with Gasteiger partial charge in [-0.1, -0.05) is 6.07 Å². The minimum atomic E-state index is -0.773. The van der Waals surface area contributed by atoms with Gasteiger partial charge in [-0.2, -0.15) is 4.99 Å². The van der Waals surface area contributed by atoms with E-state index in [1.54, 1.807) is 6.07 Å². The molecule has 0 fully saturated rings. The number of methoxy groups -OCH3 is 1. The molecule has 1 amide bonds. The van der Waals surface area contributed by atoms with E-state index in [2.05, 4.69) is 9.98 Å². The van der Waals surface area contributed by atoms with Crippen LogP contribution in [0.25, 0.3) is 22.0 Å². The fourth-order valence-electron chi connectivity index (χ4n) is 2.62. The van der Waals surface area contributed by atoms with Gasteiger partial charge in [-0.15, -0.1) is 0 Å². The first-order chi connectivity index (χ1) is 12.4. The Kier molecular flexibility index (Phi) is 4.49. The van der Waals surface area contributed by atoms with Crippen molar-refractivity contribution in [1.82, 2.24) is 4.98 Å². The Morgan fingerprint density at radius 3 is 2.42 bits per heavy atom. The van der Waals surface area contributed by atoms with Gasteiger partial charge < -0.3 is 16.2 Å². The maximum absolute atomic E-state index is 14.2. The van der Waals surface area contributed by atoms with Crippen LogP contribution in [0.15, 0.2) is 47.6 Å². The Morgan fingerprint density at radius 2 is 1.81 bits per heavy atom. The highest BCUT2D eigenvalue weighted by atomic mass is 19.1. The molecule has 26 heavy (non-hydrogen) atoms. The smallest absolute Gasteiger partial charge is 0.280 e. The zero-order valence-corrected chi connectivity index (χ0v) is 13.7. The largest absolute Gasteiger partial charge is 0.494 e. The number of hydrogen-bond acceptors (Lipinski definition) is 3. The SMILES string of the molecule is COc1cnc(-c2c(F)cccc2F)c2cc(C(=O)N=C(N)N)ccc12. The molecule has 3 rings (SSSR count). The molecule has 4 N–H and O–H groups in total. The van der Waals surface area contributed by atoms with Crippen molar-refractivity contribution in [2.24, 2.45) is 16.5 Å². The van der Waals surface area contributed by atoms with Crippen LogP contribution >= 0.6 is 0 Å². The quantitative estimate of drug-likeness (QED) is 0.554. The molecular weight excluding hydrogens is 342 g/mol. The van der Waals surface area contributed by atoms with Crippen LogP contribution in [-0.4, -0.2) is 24.0 Å². The first-order valence-electron chi connectivity index (χ1n) is 7.47. The van der Waals surface area contributed by atoms with Crippen molar-refractivity contribution >= 4 is 22.6 Å². The lowest BCUT2D eigenvalue weighted by Gasteiger charge is -2.12. The van der Waals surface area contributed by atoms with Crippen LogP contribution < -0.4 is 16.2 Å². The van der Waals surface area contributed by atoms with Crippen molar-refractivity contribution in [2.75, 3.05) is 7.11 Å². The Bertz CT molecular complexity index is 1030. The average Bonchev–Trinajstić information content (AvgIpc) is 2.60. The Morgan fingerprint density at radius 1 is 1.12 bits per heavy atom. The van der Waals surface area contributed by atoms with E-state index in [9.17, 15) is 13.6 Å². The van der Waals surface area contributed by atoms with Crippen LogP contribution in [0.4, 0.5) is 8.78 Å². The number of guanidine groups is 1. The fourth-order valence-corrected chi connectivity index (χ4v) is 2.62. The standard InChI is InChI=1S/C18H14F2N4O2/c1-26-14-8-23-16(15-12(19)3-2-4-13(15)20)11-7-9(5-6-10(11)14)17(25)24-18(21)22/h2-8H,1H3,(H4,21,22,24,25). The summed E-state index contributed by atoms with van der Waals surface area (Å²) in [7, 11) is 1.44. The molecule has 1 heterocycles. The van der Waals surface area contributed by atoms with E-state index in [-0.39, 0.29) is 22.8 Å². The number of rotatable bonds is 3. The molecule has 0 aliphatic rings. The highest BCUT2D eigenvalue weighted by Gasteiger charge is 2.18. The van der Waals surface area contributed by atoms with Gasteiger partial charge in [0.05, 0.1) is 24.6 Å². The summed E-state index contributed by atoms with van der Waals surface area (Å²) >= 11 is 0. The summed E-state index contributed by atoms with van der Waals surface area (Å²) in [6.07, 6.45) is 1.36. The van der Waals surface area contributed by atoms with Gasteiger partial charge in [0, 0.05) is 16.3 Å². The van der Waals surface area contributed by atoms with Crippen molar-refractivity contribution in [3.05, 3.63) is 59.8 Å². The third-order valence-corrected chi connectivity index (χ3v) is 3.75. The maximum Gasteiger partial charge on any atom is 0.280 e. The third-order valence-electron chi connectivity index (χ3n) is 3.75. The molecule has 0 saturated heterocycles. The number of amides is 1. The first kappa shape index (κ1) is 17.3. The Hall–Kier alpha value is -3.55. The van der Waals surface area contributed by atoms with E-state index in [1.807, 2.05) is 0 Å². The second-order valence-electron chi connectivity index (χ2n) is 5.37. The lowest BCUT2D eigenvalue weighted by Crippen LogP contribution is -2.24. The summed E-state index contributed by atoms with van der Waals surface area (Å²) in [5.41, 5.74) is 10.3. The zero-order valence-electron chi connectivity index (χ0n) is 13.7. The monoisotopic (exact) mass is 356 g/mol. The van der Waals surface area contributed by atoms with Crippen LogP contribution in [0.3, 0.4) is 0 Å². The Labute approximate surface area is 147 Å². The van der Waals surface area contributed by atoms with Crippen molar-refractivity contribution in [1.29, 1.82) is 0 Å². The molecule has 8 heteroatoms. The fraction of sp³-hybridized carbons (Fsp3) is 0.0556. The summed E-state index contributed by atoms with van der Waals surface area (Å²) in [4.78, 5) is 19.7. The number of aliphatic imine (C=N–C) groups is 1. The van der Waals surface area contributed by atoms with Gasteiger partial charge in [0.2, 0.25) is 0 Å².